The van der Waals surface area contributed by atoms with Crippen molar-refractivity contribution in [2.45, 2.75) is 26.3 Å². The fraction of sp³-hybridized carbons (Fsp3) is 0.286. The van der Waals surface area contributed by atoms with Gasteiger partial charge in [0.25, 0.3) is 0 Å². The van der Waals surface area contributed by atoms with Crippen LogP contribution in [0.2, 0.25) is 0 Å². The van der Waals surface area contributed by atoms with E-state index >= 15 is 0 Å². The molecule has 5 nitrogen and oxygen atoms in total. The van der Waals surface area contributed by atoms with Gasteiger partial charge < -0.3 is 20.4 Å². The zero-order chi connectivity index (χ0) is 18.3. The van der Waals surface area contributed by atoms with E-state index < -0.39 is 0 Å². The molecular weight excluding hydrogens is 326 g/mol. The van der Waals surface area contributed by atoms with Gasteiger partial charge in [-0.25, -0.2) is 0 Å². The van der Waals surface area contributed by atoms with Gasteiger partial charge in [0.15, 0.2) is 0 Å². The minimum Gasteiger partial charge on any atom is -0.497 e. The molecule has 1 aromatic heterocycles. The van der Waals surface area contributed by atoms with E-state index in [1.807, 2.05) is 42.5 Å². The van der Waals surface area contributed by atoms with Gasteiger partial charge in [0.1, 0.15) is 5.75 Å². The third-order valence-electron chi connectivity index (χ3n) is 5.00. The number of nitrogens with two attached hydrogens (primary N) is 1. The highest BCUT2D eigenvalue weighted by Gasteiger charge is 2.29. The number of ether oxygens (including phenoxy) is 1. The van der Waals surface area contributed by atoms with Crippen LogP contribution >= 0.6 is 0 Å². The minimum atomic E-state index is 0.118. The number of carbonyl (C=O) groups excluding carboxylic acids is 1. The summed E-state index contributed by atoms with van der Waals surface area (Å²) in [6.07, 6.45) is 2.00. The second kappa shape index (κ2) is 6.41. The molecule has 0 bridgehead atoms. The van der Waals surface area contributed by atoms with Crippen molar-refractivity contribution in [1.82, 2.24) is 4.57 Å². The Morgan fingerprint density at radius 2 is 1.96 bits per heavy atom. The van der Waals surface area contributed by atoms with Crippen molar-refractivity contribution < 1.29 is 9.53 Å². The van der Waals surface area contributed by atoms with Crippen LogP contribution in [-0.4, -0.2) is 17.6 Å². The molecule has 3 aromatic rings. The fourth-order valence-electron chi connectivity index (χ4n) is 3.43. The Morgan fingerprint density at radius 1 is 1.23 bits per heavy atom. The molecule has 3 N–H and O–H groups in total. The van der Waals surface area contributed by atoms with Crippen LogP contribution in [0.15, 0.2) is 42.5 Å². The first-order chi connectivity index (χ1) is 12.6. The number of hydrogen-bond donors (Lipinski definition) is 2. The maximum Gasteiger partial charge on any atom is 0.227 e. The zero-order valence-electron chi connectivity index (χ0n) is 15.1. The van der Waals surface area contributed by atoms with Gasteiger partial charge in [0, 0.05) is 29.1 Å². The Bertz CT molecular complexity index is 969. The topological polar surface area (TPSA) is 69.3 Å². The van der Waals surface area contributed by atoms with Crippen LogP contribution < -0.4 is 15.8 Å². The Labute approximate surface area is 152 Å². The number of nitrogens with zero attached hydrogens (tertiary/aromatic N) is 1. The van der Waals surface area contributed by atoms with Gasteiger partial charge in [0.05, 0.1) is 24.0 Å². The largest absolute Gasteiger partial charge is 0.497 e. The molecule has 5 heteroatoms. The molecule has 1 saturated carbocycles. The average molecular weight is 349 g/mol. The number of methoxy groups -OCH3 is 1. The summed E-state index contributed by atoms with van der Waals surface area (Å²) in [6.45, 7) is 2.92. The van der Waals surface area contributed by atoms with Gasteiger partial charge in [-0.05, 0) is 50.1 Å². The second-order valence-electron chi connectivity index (χ2n) is 6.73. The molecule has 1 aliphatic carbocycles. The number of aromatic nitrogens is 1. The van der Waals surface area contributed by atoms with E-state index in [0.717, 1.165) is 58.7 Å². The molecule has 1 fully saturated rings. The van der Waals surface area contributed by atoms with Crippen LogP contribution in [0.1, 0.15) is 19.8 Å². The lowest BCUT2D eigenvalue weighted by atomic mass is 10.1. The molecule has 4 rings (SSSR count). The highest BCUT2D eigenvalue weighted by molar-refractivity contribution is 6.02. The molecule has 2 aromatic carbocycles. The normalized spacial score (nSPS) is 13.8. The minimum absolute atomic E-state index is 0.118. The lowest BCUT2D eigenvalue weighted by Gasteiger charge is -2.10. The Hall–Kier alpha value is -2.95. The van der Waals surface area contributed by atoms with Crippen LogP contribution in [0.3, 0.4) is 0 Å². The van der Waals surface area contributed by atoms with E-state index in [4.69, 9.17) is 10.5 Å². The van der Waals surface area contributed by atoms with Crippen molar-refractivity contribution in [2.75, 3.05) is 18.2 Å². The number of amides is 1. The van der Waals surface area contributed by atoms with Gasteiger partial charge in [-0.1, -0.05) is 12.1 Å². The van der Waals surface area contributed by atoms with E-state index in [1.54, 1.807) is 7.11 Å². The van der Waals surface area contributed by atoms with Crippen LogP contribution in [0.5, 0.6) is 5.75 Å². The van der Waals surface area contributed by atoms with E-state index in [2.05, 4.69) is 16.8 Å². The summed E-state index contributed by atoms with van der Waals surface area (Å²) in [7, 11) is 1.66. The molecular formula is C21H23N3O2. The number of anilines is 2. The molecule has 1 aliphatic rings. The summed E-state index contributed by atoms with van der Waals surface area (Å²) in [5.41, 5.74) is 11.2. The summed E-state index contributed by atoms with van der Waals surface area (Å²) in [5, 5.41) is 3.97. The molecule has 1 heterocycles. The van der Waals surface area contributed by atoms with Gasteiger partial charge in [-0.3, -0.25) is 4.79 Å². The summed E-state index contributed by atoms with van der Waals surface area (Å²) in [5.74, 6) is 1.11. The molecule has 0 radical (unpaired) electrons. The molecule has 26 heavy (non-hydrogen) atoms. The molecule has 134 valence electrons. The maximum absolute atomic E-state index is 11.9. The maximum atomic E-state index is 11.9. The molecule has 0 atom stereocenters. The molecule has 0 unspecified atom stereocenters. The van der Waals surface area contributed by atoms with Gasteiger partial charge in [-0.15, -0.1) is 0 Å². The third kappa shape index (κ3) is 2.79. The Morgan fingerprint density at radius 3 is 2.58 bits per heavy atom. The average Bonchev–Trinajstić information content (AvgIpc) is 3.48. The van der Waals surface area contributed by atoms with Crippen LogP contribution in [0, 0.1) is 5.92 Å². The van der Waals surface area contributed by atoms with Crippen molar-refractivity contribution in [3.63, 3.8) is 0 Å². The summed E-state index contributed by atoms with van der Waals surface area (Å²) in [6, 6.07) is 13.9. The van der Waals surface area contributed by atoms with Crippen molar-refractivity contribution in [2.24, 2.45) is 5.92 Å². The first kappa shape index (κ1) is 16.5. The number of benzene rings is 2. The molecule has 1 amide bonds. The fourth-order valence-corrected chi connectivity index (χ4v) is 3.43. The number of fused-ring (bicyclic) bond motifs is 1. The van der Waals surface area contributed by atoms with E-state index in [-0.39, 0.29) is 11.8 Å². The number of nitrogens with one attached hydrogen (secondary N) is 1. The molecule has 0 spiro atoms. The highest BCUT2D eigenvalue weighted by atomic mass is 16.5. The first-order valence-corrected chi connectivity index (χ1v) is 8.99. The lowest BCUT2D eigenvalue weighted by Crippen LogP contribution is -2.13. The van der Waals surface area contributed by atoms with Crippen molar-refractivity contribution in [3.05, 3.63) is 42.5 Å². The third-order valence-corrected chi connectivity index (χ3v) is 5.00. The highest BCUT2D eigenvalue weighted by Crippen LogP contribution is 2.38. The monoisotopic (exact) mass is 349 g/mol. The van der Waals surface area contributed by atoms with Gasteiger partial charge in [-0.2, -0.15) is 0 Å². The van der Waals surface area contributed by atoms with Crippen molar-refractivity contribution in [1.29, 1.82) is 0 Å². The summed E-state index contributed by atoms with van der Waals surface area (Å²) in [4.78, 5) is 11.9. The summed E-state index contributed by atoms with van der Waals surface area (Å²) < 4.78 is 7.55. The van der Waals surface area contributed by atoms with E-state index in [1.165, 1.54) is 0 Å². The quantitative estimate of drug-likeness (QED) is 0.723. The van der Waals surface area contributed by atoms with E-state index in [9.17, 15) is 4.79 Å². The second-order valence-corrected chi connectivity index (χ2v) is 6.73. The number of nitrogen functional groups attached to an aromatic ring is 1. The van der Waals surface area contributed by atoms with Gasteiger partial charge >= 0.3 is 0 Å². The van der Waals surface area contributed by atoms with Gasteiger partial charge in [0.2, 0.25) is 5.91 Å². The predicted molar refractivity (Wildman–Crippen MR) is 105 cm³/mol. The smallest absolute Gasteiger partial charge is 0.227 e. The van der Waals surface area contributed by atoms with Crippen LogP contribution in [0.25, 0.3) is 22.2 Å². The number of hydrogen-bond acceptors (Lipinski definition) is 3. The number of carbonyl (C=O) groups is 1. The zero-order valence-corrected chi connectivity index (χ0v) is 15.1. The number of rotatable bonds is 5. The SMILES string of the molecule is CCn1c(-c2ccc(NC(=O)C3CC3)cc2)c(N)c2cc(OC)ccc21. The molecule has 0 aliphatic heterocycles. The predicted octanol–water partition coefficient (Wildman–Crippen LogP) is 4.27. The van der Waals surface area contributed by atoms with Crippen LogP contribution in [-0.2, 0) is 11.3 Å². The van der Waals surface area contributed by atoms with E-state index in [0.29, 0.717) is 0 Å². The first-order valence-electron chi connectivity index (χ1n) is 8.99. The standard InChI is InChI=1S/C21H23N3O2/c1-3-24-18-11-10-16(26-2)12-17(18)19(22)20(24)13-6-8-15(9-7-13)23-21(25)14-4-5-14/h6-12,14H,3-5,22H2,1-2H3,(H,23,25). The van der Waals surface area contributed by atoms with Crippen LogP contribution in [0.4, 0.5) is 11.4 Å². The molecule has 0 saturated heterocycles. The number of aryl methyl sites for hydroxylation is 1. The van der Waals surface area contributed by atoms with Crippen molar-refractivity contribution >= 4 is 28.2 Å². The summed E-state index contributed by atoms with van der Waals surface area (Å²) >= 11 is 0. The Balaban J connectivity index is 1.73. The van der Waals surface area contributed by atoms with Crippen molar-refractivity contribution in [3.8, 4) is 17.0 Å². The Kier molecular flexibility index (Phi) is 4.07. The lowest BCUT2D eigenvalue weighted by molar-refractivity contribution is -0.117.